The summed E-state index contributed by atoms with van der Waals surface area (Å²) in [4.78, 5) is 5.18. The Balaban J connectivity index is 2.37. The van der Waals surface area contributed by atoms with Gasteiger partial charge < -0.3 is 0 Å². The molecule has 0 N–H and O–H groups in total. The van der Waals surface area contributed by atoms with Crippen LogP contribution in [0, 0.1) is 11.3 Å². The number of hydrogen-bond acceptors (Lipinski definition) is 4. The van der Waals surface area contributed by atoms with Crippen LogP contribution in [0.1, 0.15) is 9.88 Å². The van der Waals surface area contributed by atoms with Crippen molar-refractivity contribution in [1.29, 1.82) is 5.26 Å². The van der Waals surface area contributed by atoms with Gasteiger partial charge in [0.1, 0.15) is 11.1 Å². The van der Waals surface area contributed by atoms with Gasteiger partial charge in [0, 0.05) is 16.5 Å². The minimum atomic E-state index is 0.627. The Labute approximate surface area is 89.8 Å². The smallest absolute Gasteiger partial charge is 0.133 e. The van der Waals surface area contributed by atoms with Gasteiger partial charge in [-0.3, -0.25) is 0 Å². The molecular formula is C10H6N2S2. The van der Waals surface area contributed by atoms with Crippen LogP contribution >= 0.6 is 22.7 Å². The predicted molar refractivity (Wildman–Crippen MR) is 59.9 cm³/mol. The molecule has 0 bridgehead atoms. The monoisotopic (exact) mass is 218 g/mol. The number of aromatic nitrogens is 1. The van der Waals surface area contributed by atoms with Crippen molar-refractivity contribution < 1.29 is 0 Å². The van der Waals surface area contributed by atoms with E-state index >= 15 is 0 Å². The fraction of sp³-hybridized carbons (Fsp3) is 0. The molecule has 0 fully saturated rings. The van der Waals surface area contributed by atoms with Gasteiger partial charge in [-0.2, -0.15) is 5.26 Å². The molecule has 0 atom stereocenters. The van der Waals surface area contributed by atoms with E-state index in [1.807, 2.05) is 29.0 Å². The normalized spacial score (nSPS) is 11.2. The number of nitriles is 1. The van der Waals surface area contributed by atoms with Crippen molar-refractivity contribution in [3.63, 3.8) is 0 Å². The summed E-state index contributed by atoms with van der Waals surface area (Å²) >= 11 is 3.09. The van der Waals surface area contributed by atoms with Crippen LogP contribution in [0.4, 0.5) is 0 Å². The van der Waals surface area contributed by atoms with E-state index in [1.165, 1.54) is 11.3 Å². The molecular weight excluding hydrogens is 212 g/mol. The van der Waals surface area contributed by atoms with E-state index in [4.69, 9.17) is 5.26 Å². The predicted octanol–water partition coefficient (Wildman–Crippen LogP) is 3.27. The maximum atomic E-state index is 8.95. The molecule has 2 aromatic heterocycles. The molecule has 2 nitrogen and oxygen atoms in total. The van der Waals surface area contributed by atoms with Crippen molar-refractivity contribution in [2.75, 3.05) is 0 Å². The van der Waals surface area contributed by atoms with Crippen LogP contribution in [-0.4, -0.2) is 4.98 Å². The average molecular weight is 218 g/mol. The third kappa shape index (κ3) is 1.90. The Kier molecular flexibility index (Phi) is 2.73. The number of allylic oxidation sites excluding steroid dienone is 1. The molecule has 0 saturated heterocycles. The minimum absolute atomic E-state index is 0.627. The summed E-state index contributed by atoms with van der Waals surface area (Å²) in [6, 6.07) is 6.11. The highest BCUT2D eigenvalue weighted by Crippen LogP contribution is 2.21. The Morgan fingerprint density at radius 3 is 2.93 bits per heavy atom. The van der Waals surface area contributed by atoms with Crippen LogP contribution < -0.4 is 0 Å². The van der Waals surface area contributed by atoms with Gasteiger partial charge in [0.25, 0.3) is 0 Å². The highest BCUT2D eigenvalue weighted by molar-refractivity contribution is 7.11. The van der Waals surface area contributed by atoms with Crippen LogP contribution in [0.15, 0.2) is 29.1 Å². The van der Waals surface area contributed by atoms with Gasteiger partial charge in [0.2, 0.25) is 0 Å². The first-order valence-electron chi connectivity index (χ1n) is 3.95. The molecule has 2 rings (SSSR count). The Morgan fingerprint density at radius 1 is 1.43 bits per heavy atom. The molecule has 0 aromatic carbocycles. The standard InChI is InChI=1S/C10H6N2S2/c11-7-8(10-12-3-5-14-10)6-9-2-1-4-13-9/h1-6H/b8-6+. The minimum Gasteiger partial charge on any atom is -0.244 e. The molecule has 68 valence electrons. The summed E-state index contributed by atoms with van der Waals surface area (Å²) in [7, 11) is 0. The average Bonchev–Trinajstić information content (AvgIpc) is 2.86. The molecule has 0 saturated carbocycles. The fourth-order valence-electron chi connectivity index (χ4n) is 1.01. The lowest BCUT2D eigenvalue weighted by Gasteiger charge is -1.89. The third-order valence-electron chi connectivity index (χ3n) is 1.61. The summed E-state index contributed by atoms with van der Waals surface area (Å²) in [6.45, 7) is 0. The van der Waals surface area contributed by atoms with E-state index in [0.29, 0.717) is 5.57 Å². The zero-order valence-electron chi connectivity index (χ0n) is 7.18. The Bertz CT molecular complexity index is 461. The SMILES string of the molecule is N#C/C(=C\c1cccs1)c1nccs1. The number of hydrogen-bond donors (Lipinski definition) is 0. The highest BCUT2D eigenvalue weighted by atomic mass is 32.1. The van der Waals surface area contributed by atoms with Gasteiger partial charge in [-0.1, -0.05) is 6.07 Å². The molecule has 0 aliphatic heterocycles. The fourth-order valence-corrected chi connectivity index (χ4v) is 2.28. The molecule has 14 heavy (non-hydrogen) atoms. The first-order chi connectivity index (χ1) is 6.90. The van der Waals surface area contributed by atoms with Gasteiger partial charge in [0.05, 0.1) is 5.57 Å². The van der Waals surface area contributed by atoms with Crippen LogP contribution in [0.5, 0.6) is 0 Å². The van der Waals surface area contributed by atoms with Crippen LogP contribution in [0.2, 0.25) is 0 Å². The van der Waals surface area contributed by atoms with Gasteiger partial charge in [0.15, 0.2) is 0 Å². The van der Waals surface area contributed by atoms with E-state index in [-0.39, 0.29) is 0 Å². The van der Waals surface area contributed by atoms with Crippen molar-refractivity contribution >= 4 is 34.3 Å². The van der Waals surface area contributed by atoms with E-state index in [9.17, 15) is 0 Å². The van der Waals surface area contributed by atoms with Crippen molar-refractivity contribution in [2.45, 2.75) is 0 Å². The second-order valence-electron chi connectivity index (χ2n) is 2.52. The van der Waals surface area contributed by atoms with E-state index in [2.05, 4.69) is 11.1 Å². The first kappa shape index (κ1) is 9.13. The lowest BCUT2D eigenvalue weighted by atomic mass is 10.2. The second-order valence-corrected chi connectivity index (χ2v) is 4.40. The molecule has 0 unspecified atom stereocenters. The molecule has 2 aromatic rings. The maximum Gasteiger partial charge on any atom is 0.133 e. The van der Waals surface area contributed by atoms with E-state index in [1.54, 1.807) is 17.5 Å². The first-order valence-corrected chi connectivity index (χ1v) is 5.71. The third-order valence-corrected chi connectivity index (χ3v) is 3.24. The Hall–Kier alpha value is -1.44. The molecule has 2 heterocycles. The topological polar surface area (TPSA) is 36.7 Å². The van der Waals surface area contributed by atoms with Gasteiger partial charge in [-0.25, -0.2) is 4.98 Å². The quantitative estimate of drug-likeness (QED) is 0.725. The van der Waals surface area contributed by atoms with Crippen LogP contribution in [0.3, 0.4) is 0 Å². The number of thiophene rings is 1. The molecule has 0 aliphatic carbocycles. The maximum absolute atomic E-state index is 8.95. The van der Waals surface area contributed by atoms with E-state index in [0.717, 1.165) is 9.88 Å². The summed E-state index contributed by atoms with van der Waals surface area (Å²) < 4.78 is 0. The van der Waals surface area contributed by atoms with Gasteiger partial charge in [-0.05, 0) is 17.5 Å². The van der Waals surface area contributed by atoms with Crippen molar-refractivity contribution in [3.05, 3.63) is 39.0 Å². The number of thiazole rings is 1. The summed E-state index contributed by atoms with van der Waals surface area (Å²) in [5.41, 5.74) is 0.627. The molecule has 4 heteroatoms. The number of rotatable bonds is 2. The zero-order valence-corrected chi connectivity index (χ0v) is 8.81. The Morgan fingerprint density at radius 2 is 2.36 bits per heavy atom. The van der Waals surface area contributed by atoms with Gasteiger partial charge in [-0.15, -0.1) is 22.7 Å². The summed E-state index contributed by atoms with van der Waals surface area (Å²) in [5.74, 6) is 0. The second kappa shape index (κ2) is 4.18. The lowest BCUT2D eigenvalue weighted by Crippen LogP contribution is -1.77. The molecule has 0 aliphatic rings. The van der Waals surface area contributed by atoms with Crippen LogP contribution in [0.25, 0.3) is 11.6 Å². The van der Waals surface area contributed by atoms with Crippen molar-refractivity contribution in [3.8, 4) is 6.07 Å². The zero-order chi connectivity index (χ0) is 9.80. The summed E-state index contributed by atoms with van der Waals surface area (Å²) in [6.07, 6.45) is 3.57. The van der Waals surface area contributed by atoms with Crippen molar-refractivity contribution in [2.24, 2.45) is 0 Å². The molecule has 0 amide bonds. The number of nitrogens with zero attached hydrogens (tertiary/aromatic N) is 2. The summed E-state index contributed by atoms with van der Waals surface area (Å²) in [5, 5.41) is 13.6. The van der Waals surface area contributed by atoms with Crippen molar-refractivity contribution in [1.82, 2.24) is 4.98 Å². The molecule has 0 spiro atoms. The largest absolute Gasteiger partial charge is 0.244 e. The van der Waals surface area contributed by atoms with Gasteiger partial charge >= 0.3 is 0 Å². The highest BCUT2D eigenvalue weighted by Gasteiger charge is 2.03. The lowest BCUT2D eigenvalue weighted by molar-refractivity contribution is 1.38. The molecule has 0 radical (unpaired) electrons. The van der Waals surface area contributed by atoms with E-state index < -0.39 is 0 Å². The van der Waals surface area contributed by atoms with Crippen LogP contribution in [-0.2, 0) is 0 Å².